The molecule has 2 aliphatic rings. The molecule has 0 fully saturated rings. The summed E-state index contributed by atoms with van der Waals surface area (Å²) in [6.45, 7) is 0. The fourth-order valence-electron chi connectivity index (χ4n) is 4.72. The molecule has 1 aromatic heterocycles. The van der Waals surface area contributed by atoms with Crippen LogP contribution in [0.5, 0.6) is 17.2 Å². The second-order valence-corrected chi connectivity index (χ2v) is 8.92. The third kappa shape index (κ3) is 3.67. The molecular formula is C24H22Cl2N4O4. The Kier molecular flexibility index (Phi) is 5.87. The number of hydrogen-bond donors (Lipinski definition) is 1. The molecule has 0 unspecified atom stereocenters. The van der Waals surface area contributed by atoms with Crippen LogP contribution in [-0.2, 0) is 4.79 Å². The first kappa shape index (κ1) is 22.6. The fourth-order valence-corrected chi connectivity index (χ4v) is 5.02. The van der Waals surface area contributed by atoms with Crippen LogP contribution in [0, 0.1) is 0 Å². The number of nitrogens with one attached hydrogen (secondary N) is 1. The zero-order chi connectivity index (χ0) is 24.0. The van der Waals surface area contributed by atoms with Gasteiger partial charge < -0.3 is 19.5 Å². The quantitative estimate of drug-likeness (QED) is 0.525. The molecule has 2 aromatic carbocycles. The Morgan fingerprint density at radius 3 is 2.35 bits per heavy atom. The van der Waals surface area contributed by atoms with Crippen molar-refractivity contribution >= 4 is 34.9 Å². The van der Waals surface area contributed by atoms with E-state index < -0.39 is 6.04 Å². The molecule has 0 amide bonds. The number of hydrogen-bond acceptors (Lipinski definition) is 7. The Morgan fingerprint density at radius 2 is 1.71 bits per heavy atom. The van der Waals surface area contributed by atoms with Gasteiger partial charge in [0.15, 0.2) is 17.3 Å². The fraction of sp³-hybridized carbons (Fsp3) is 0.292. The van der Waals surface area contributed by atoms with Gasteiger partial charge in [-0.1, -0.05) is 29.3 Å². The molecule has 5 rings (SSSR count). The lowest BCUT2D eigenvalue weighted by atomic mass is 9.77. The van der Waals surface area contributed by atoms with Crippen LogP contribution in [0.25, 0.3) is 0 Å². The number of rotatable bonds is 5. The van der Waals surface area contributed by atoms with Crippen molar-refractivity contribution in [2.45, 2.75) is 24.8 Å². The number of ether oxygens (including phenoxy) is 3. The second-order valence-electron chi connectivity index (χ2n) is 8.11. The summed E-state index contributed by atoms with van der Waals surface area (Å²) < 4.78 is 18.2. The highest BCUT2D eigenvalue weighted by Crippen LogP contribution is 2.47. The van der Waals surface area contributed by atoms with Gasteiger partial charge in [0.1, 0.15) is 12.4 Å². The lowest BCUT2D eigenvalue weighted by Crippen LogP contribution is -2.33. The largest absolute Gasteiger partial charge is 0.493 e. The molecule has 0 radical (unpaired) electrons. The Labute approximate surface area is 206 Å². The number of benzene rings is 2. The molecule has 0 saturated heterocycles. The van der Waals surface area contributed by atoms with Crippen LogP contribution < -0.4 is 19.5 Å². The van der Waals surface area contributed by atoms with Crippen molar-refractivity contribution in [1.82, 2.24) is 14.8 Å². The number of anilines is 1. The van der Waals surface area contributed by atoms with E-state index in [1.807, 2.05) is 18.2 Å². The second kappa shape index (κ2) is 8.85. The molecule has 1 N–H and O–H groups in total. The molecule has 8 nitrogen and oxygen atoms in total. The Balaban J connectivity index is 1.58. The number of carbonyl (C=O) groups is 1. The van der Waals surface area contributed by atoms with E-state index in [-0.39, 0.29) is 11.7 Å². The summed E-state index contributed by atoms with van der Waals surface area (Å²) in [6, 6.07) is 8.70. The van der Waals surface area contributed by atoms with Gasteiger partial charge in [-0.15, -0.1) is 0 Å². The molecule has 0 spiro atoms. The minimum Gasteiger partial charge on any atom is -0.493 e. The van der Waals surface area contributed by atoms with Crippen molar-refractivity contribution in [3.63, 3.8) is 0 Å². The summed E-state index contributed by atoms with van der Waals surface area (Å²) >= 11 is 12.4. The zero-order valence-electron chi connectivity index (χ0n) is 18.8. The molecule has 0 saturated carbocycles. The number of halogens is 2. The van der Waals surface area contributed by atoms with Gasteiger partial charge in [0, 0.05) is 17.7 Å². The summed E-state index contributed by atoms with van der Waals surface area (Å²) in [5.41, 5.74) is 3.20. The minimum absolute atomic E-state index is 0.0183. The summed E-state index contributed by atoms with van der Waals surface area (Å²) in [5.74, 6) is 2.11. The Hall–Kier alpha value is -3.23. The van der Waals surface area contributed by atoms with Crippen molar-refractivity contribution in [2.24, 2.45) is 0 Å². The van der Waals surface area contributed by atoms with Crippen molar-refractivity contribution in [2.75, 3.05) is 26.6 Å². The molecule has 34 heavy (non-hydrogen) atoms. The smallest absolute Gasteiger partial charge is 0.226 e. The molecule has 176 valence electrons. The number of aromatic nitrogens is 3. The summed E-state index contributed by atoms with van der Waals surface area (Å²) in [7, 11) is 4.71. The summed E-state index contributed by atoms with van der Waals surface area (Å²) in [4.78, 5) is 17.9. The molecule has 1 aliphatic heterocycles. The molecule has 10 heteroatoms. The monoisotopic (exact) mass is 500 g/mol. The number of fused-ring (bicyclic) bond motifs is 1. The molecule has 0 bridgehead atoms. The van der Waals surface area contributed by atoms with E-state index in [2.05, 4.69) is 15.4 Å². The topological polar surface area (TPSA) is 87.5 Å². The maximum Gasteiger partial charge on any atom is 0.226 e. The van der Waals surface area contributed by atoms with Crippen LogP contribution in [0.1, 0.15) is 35.9 Å². The predicted octanol–water partition coefficient (Wildman–Crippen LogP) is 5.03. The van der Waals surface area contributed by atoms with Gasteiger partial charge in [-0.05, 0) is 47.7 Å². The SMILES string of the molecule is COc1cc([C@H]2CC(=O)C3=C(C2)Nc2ncnn2[C@@H]3c2ccc(Cl)c(Cl)c2)cc(OC)c1OC. The third-order valence-corrected chi connectivity index (χ3v) is 7.02. The van der Waals surface area contributed by atoms with Crippen molar-refractivity contribution in [1.29, 1.82) is 0 Å². The van der Waals surface area contributed by atoms with Crippen molar-refractivity contribution in [3.8, 4) is 17.2 Å². The summed E-state index contributed by atoms with van der Waals surface area (Å²) in [6.07, 6.45) is 2.39. The van der Waals surface area contributed by atoms with E-state index in [1.54, 1.807) is 38.1 Å². The van der Waals surface area contributed by atoms with Crippen LogP contribution in [0.4, 0.5) is 5.95 Å². The minimum atomic E-state index is -0.447. The van der Waals surface area contributed by atoms with E-state index in [1.165, 1.54) is 6.33 Å². The van der Waals surface area contributed by atoms with E-state index in [0.29, 0.717) is 51.7 Å². The highest BCUT2D eigenvalue weighted by atomic mass is 35.5. The summed E-state index contributed by atoms with van der Waals surface area (Å²) in [5, 5.41) is 8.55. The van der Waals surface area contributed by atoms with Gasteiger partial charge in [-0.2, -0.15) is 10.1 Å². The number of ketones is 1. The first-order chi connectivity index (χ1) is 16.4. The van der Waals surface area contributed by atoms with Gasteiger partial charge in [0.25, 0.3) is 0 Å². The number of carbonyl (C=O) groups excluding carboxylic acids is 1. The van der Waals surface area contributed by atoms with Crippen LogP contribution >= 0.6 is 23.2 Å². The van der Waals surface area contributed by atoms with Gasteiger partial charge in [0.05, 0.1) is 31.4 Å². The number of nitrogens with zero attached hydrogens (tertiary/aromatic N) is 3. The van der Waals surface area contributed by atoms with Gasteiger partial charge in [-0.25, -0.2) is 4.68 Å². The molecular weight excluding hydrogens is 479 g/mol. The van der Waals surface area contributed by atoms with Crippen LogP contribution in [-0.4, -0.2) is 41.9 Å². The van der Waals surface area contributed by atoms with Crippen LogP contribution in [0.3, 0.4) is 0 Å². The van der Waals surface area contributed by atoms with Gasteiger partial charge >= 0.3 is 0 Å². The standard InChI is InChI=1S/C24H22Cl2N4O4/c1-32-19-9-14(10-20(33-2)23(19)34-3)13-7-17-21(18(31)8-13)22(30-24(29-17)27-11-28-30)12-4-5-15(25)16(26)6-12/h4-6,9-11,13,22H,7-8H2,1-3H3,(H,27,28,29)/t13-,22-/m1/s1. The van der Waals surface area contributed by atoms with Crippen molar-refractivity contribution < 1.29 is 19.0 Å². The lowest BCUT2D eigenvalue weighted by molar-refractivity contribution is -0.116. The molecule has 1 aliphatic carbocycles. The number of allylic oxidation sites excluding steroid dienone is 2. The van der Waals surface area contributed by atoms with Gasteiger partial charge in [-0.3, -0.25) is 4.79 Å². The lowest BCUT2D eigenvalue weighted by Gasteiger charge is -2.35. The first-order valence-electron chi connectivity index (χ1n) is 10.6. The third-order valence-electron chi connectivity index (χ3n) is 6.28. The van der Waals surface area contributed by atoms with Crippen LogP contribution in [0.15, 0.2) is 47.9 Å². The average molecular weight is 501 g/mol. The van der Waals surface area contributed by atoms with Gasteiger partial charge in [0.2, 0.25) is 11.7 Å². The molecule has 3 aromatic rings. The van der Waals surface area contributed by atoms with E-state index in [9.17, 15) is 4.79 Å². The Bertz CT molecular complexity index is 1300. The van der Waals surface area contributed by atoms with E-state index >= 15 is 0 Å². The van der Waals surface area contributed by atoms with E-state index in [0.717, 1.165) is 16.8 Å². The molecule has 2 atom stereocenters. The highest BCUT2D eigenvalue weighted by molar-refractivity contribution is 6.42. The molecule has 2 heterocycles. The number of Topliss-reactive ketones (excluding diaryl/α,β-unsaturated/α-hetero) is 1. The normalized spacial score (nSPS) is 19.3. The van der Waals surface area contributed by atoms with Crippen molar-refractivity contribution in [3.05, 3.63) is 69.1 Å². The highest BCUT2D eigenvalue weighted by Gasteiger charge is 2.39. The average Bonchev–Trinajstić information content (AvgIpc) is 3.31. The zero-order valence-corrected chi connectivity index (χ0v) is 20.3. The first-order valence-corrected chi connectivity index (χ1v) is 11.4. The Morgan fingerprint density at radius 1 is 0.971 bits per heavy atom. The maximum atomic E-state index is 13.6. The maximum absolute atomic E-state index is 13.6. The predicted molar refractivity (Wildman–Crippen MR) is 128 cm³/mol. The number of methoxy groups -OCH3 is 3. The van der Waals surface area contributed by atoms with Crippen LogP contribution in [0.2, 0.25) is 10.0 Å². The van der Waals surface area contributed by atoms with E-state index in [4.69, 9.17) is 37.4 Å².